The van der Waals surface area contributed by atoms with Crippen LogP contribution in [0.5, 0.6) is 0 Å². The van der Waals surface area contributed by atoms with Crippen LogP contribution < -0.4 is 5.73 Å². The second kappa shape index (κ2) is 5.73. The lowest BCUT2D eigenvalue weighted by Gasteiger charge is -2.19. The van der Waals surface area contributed by atoms with Crippen LogP contribution in [0.1, 0.15) is 18.1 Å². The number of aryl methyl sites for hydroxylation is 1. The Morgan fingerprint density at radius 3 is 2.79 bits per heavy atom. The molecule has 2 N–H and O–H groups in total. The Morgan fingerprint density at radius 1 is 1.43 bits per heavy atom. The lowest BCUT2D eigenvalue weighted by molar-refractivity contribution is 0.288. The van der Waals surface area contributed by atoms with Crippen molar-refractivity contribution >= 4 is 0 Å². The summed E-state index contributed by atoms with van der Waals surface area (Å²) in [7, 11) is 0. The summed E-state index contributed by atoms with van der Waals surface area (Å²) >= 11 is 0. The zero-order valence-corrected chi connectivity index (χ0v) is 9.03. The maximum absolute atomic E-state index is 5.53. The Hall–Kier alpha value is -0.930. The van der Waals surface area contributed by atoms with Gasteiger partial charge in [-0.1, -0.05) is 13.0 Å². The van der Waals surface area contributed by atoms with Crippen LogP contribution in [-0.2, 0) is 6.54 Å². The SMILES string of the molecule is CCN(CCN)Cc1cncc(C)c1. The molecule has 14 heavy (non-hydrogen) atoms. The lowest BCUT2D eigenvalue weighted by atomic mass is 10.2. The molecule has 1 aromatic rings. The van der Waals surface area contributed by atoms with E-state index in [1.807, 2.05) is 12.4 Å². The Morgan fingerprint density at radius 2 is 2.21 bits per heavy atom. The van der Waals surface area contributed by atoms with Crippen LogP contribution >= 0.6 is 0 Å². The maximum atomic E-state index is 5.53. The first-order chi connectivity index (χ1) is 6.76. The summed E-state index contributed by atoms with van der Waals surface area (Å²) in [6, 6.07) is 2.17. The minimum atomic E-state index is 0.715. The summed E-state index contributed by atoms with van der Waals surface area (Å²) < 4.78 is 0. The van der Waals surface area contributed by atoms with Crippen LogP contribution in [0.4, 0.5) is 0 Å². The Balaban J connectivity index is 2.57. The Labute approximate surface area is 85.9 Å². The third kappa shape index (κ3) is 3.44. The summed E-state index contributed by atoms with van der Waals surface area (Å²) in [5.41, 5.74) is 8.01. The quantitative estimate of drug-likeness (QED) is 0.763. The summed E-state index contributed by atoms with van der Waals surface area (Å²) in [6.07, 6.45) is 3.80. The molecule has 0 aliphatic heterocycles. The monoisotopic (exact) mass is 193 g/mol. The first-order valence-corrected chi connectivity index (χ1v) is 5.09. The highest BCUT2D eigenvalue weighted by atomic mass is 15.1. The number of aromatic nitrogens is 1. The number of pyridine rings is 1. The van der Waals surface area contributed by atoms with Gasteiger partial charge in [-0.25, -0.2) is 0 Å². The van der Waals surface area contributed by atoms with Crippen molar-refractivity contribution < 1.29 is 0 Å². The topological polar surface area (TPSA) is 42.1 Å². The van der Waals surface area contributed by atoms with Crippen molar-refractivity contribution in [2.75, 3.05) is 19.6 Å². The molecule has 0 spiro atoms. The molecule has 1 aromatic heterocycles. The number of likely N-dealkylation sites (N-methyl/N-ethyl adjacent to an activating group) is 1. The average Bonchev–Trinajstić information content (AvgIpc) is 2.17. The van der Waals surface area contributed by atoms with Crippen molar-refractivity contribution in [2.24, 2.45) is 5.73 Å². The van der Waals surface area contributed by atoms with E-state index in [-0.39, 0.29) is 0 Å². The van der Waals surface area contributed by atoms with Gasteiger partial charge in [-0.05, 0) is 24.6 Å². The minimum Gasteiger partial charge on any atom is -0.329 e. The first kappa shape index (κ1) is 11.1. The predicted octanol–water partition coefficient (Wildman–Crippen LogP) is 1.17. The number of hydrogen-bond donors (Lipinski definition) is 1. The molecular weight excluding hydrogens is 174 g/mol. The van der Waals surface area contributed by atoms with E-state index in [1.54, 1.807) is 0 Å². The Kier molecular flexibility index (Phi) is 4.56. The van der Waals surface area contributed by atoms with E-state index in [2.05, 4.69) is 29.8 Å². The third-order valence-electron chi connectivity index (χ3n) is 2.23. The van der Waals surface area contributed by atoms with Gasteiger partial charge in [0.25, 0.3) is 0 Å². The van der Waals surface area contributed by atoms with E-state index in [1.165, 1.54) is 11.1 Å². The highest BCUT2D eigenvalue weighted by Crippen LogP contribution is 2.04. The fourth-order valence-corrected chi connectivity index (χ4v) is 1.49. The van der Waals surface area contributed by atoms with E-state index in [4.69, 9.17) is 5.73 Å². The number of hydrogen-bond acceptors (Lipinski definition) is 3. The van der Waals surface area contributed by atoms with Gasteiger partial charge >= 0.3 is 0 Å². The van der Waals surface area contributed by atoms with Gasteiger partial charge in [-0.3, -0.25) is 9.88 Å². The molecule has 1 heterocycles. The molecule has 0 amide bonds. The van der Waals surface area contributed by atoms with Crippen LogP contribution in [0, 0.1) is 6.92 Å². The van der Waals surface area contributed by atoms with Crippen LogP contribution in [0.3, 0.4) is 0 Å². The molecular formula is C11H19N3. The number of nitrogens with zero attached hydrogens (tertiary/aromatic N) is 2. The zero-order chi connectivity index (χ0) is 10.4. The van der Waals surface area contributed by atoms with Crippen LogP contribution in [0.2, 0.25) is 0 Å². The molecule has 3 nitrogen and oxygen atoms in total. The van der Waals surface area contributed by atoms with Crippen molar-refractivity contribution in [1.29, 1.82) is 0 Å². The van der Waals surface area contributed by atoms with Crippen molar-refractivity contribution in [2.45, 2.75) is 20.4 Å². The fraction of sp³-hybridized carbons (Fsp3) is 0.545. The summed E-state index contributed by atoms with van der Waals surface area (Å²) in [5, 5.41) is 0. The van der Waals surface area contributed by atoms with Crippen molar-refractivity contribution in [3.8, 4) is 0 Å². The van der Waals surface area contributed by atoms with Gasteiger partial charge in [0.05, 0.1) is 0 Å². The average molecular weight is 193 g/mol. The fourth-order valence-electron chi connectivity index (χ4n) is 1.49. The van der Waals surface area contributed by atoms with Gasteiger partial charge in [0, 0.05) is 32.0 Å². The molecule has 0 aliphatic carbocycles. The standard InChI is InChI=1S/C11H19N3/c1-3-14(5-4-12)9-11-6-10(2)7-13-8-11/h6-8H,3-5,9,12H2,1-2H3. The molecule has 0 bridgehead atoms. The van der Waals surface area contributed by atoms with Crippen molar-refractivity contribution in [3.05, 3.63) is 29.6 Å². The van der Waals surface area contributed by atoms with Crippen molar-refractivity contribution in [1.82, 2.24) is 9.88 Å². The minimum absolute atomic E-state index is 0.715. The number of nitrogens with two attached hydrogens (primary N) is 1. The molecule has 0 atom stereocenters. The first-order valence-electron chi connectivity index (χ1n) is 5.09. The van der Waals surface area contributed by atoms with Gasteiger partial charge in [0.15, 0.2) is 0 Å². The van der Waals surface area contributed by atoms with Crippen molar-refractivity contribution in [3.63, 3.8) is 0 Å². The number of rotatable bonds is 5. The molecule has 3 heteroatoms. The molecule has 0 saturated heterocycles. The van der Waals surface area contributed by atoms with Gasteiger partial charge < -0.3 is 5.73 Å². The van der Waals surface area contributed by atoms with Gasteiger partial charge in [-0.2, -0.15) is 0 Å². The second-order valence-electron chi connectivity index (χ2n) is 3.53. The summed E-state index contributed by atoms with van der Waals surface area (Å²) in [4.78, 5) is 6.49. The molecule has 1 rings (SSSR count). The van der Waals surface area contributed by atoms with Crippen LogP contribution in [-0.4, -0.2) is 29.5 Å². The normalized spacial score (nSPS) is 10.9. The summed E-state index contributed by atoms with van der Waals surface area (Å²) in [6.45, 7) is 7.86. The largest absolute Gasteiger partial charge is 0.329 e. The van der Waals surface area contributed by atoms with Crippen LogP contribution in [0.25, 0.3) is 0 Å². The van der Waals surface area contributed by atoms with Gasteiger partial charge in [0.1, 0.15) is 0 Å². The molecule has 0 unspecified atom stereocenters. The third-order valence-corrected chi connectivity index (χ3v) is 2.23. The maximum Gasteiger partial charge on any atom is 0.0313 e. The highest BCUT2D eigenvalue weighted by molar-refractivity contribution is 5.16. The predicted molar refractivity (Wildman–Crippen MR) is 59.0 cm³/mol. The molecule has 78 valence electrons. The van der Waals surface area contributed by atoms with Gasteiger partial charge in [-0.15, -0.1) is 0 Å². The van der Waals surface area contributed by atoms with E-state index in [0.717, 1.165) is 19.6 Å². The van der Waals surface area contributed by atoms with E-state index >= 15 is 0 Å². The molecule has 0 aliphatic rings. The molecule has 0 radical (unpaired) electrons. The molecule has 0 aromatic carbocycles. The Bertz CT molecular complexity index is 273. The van der Waals surface area contributed by atoms with E-state index in [9.17, 15) is 0 Å². The molecule has 0 saturated carbocycles. The lowest BCUT2D eigenvalue weighted by Crippen LogP contribution is -2.28. The van der Waals surface area contributed by atoms with E-state index in [0.29, 0.717) is 6.54 Å². The summed E-state index contributed by atoms with van der Waals surface area (Å²) in [5.74, 6) is 0. The van der Waals surface area contributed by atoms with Gasteiger partial charge in [0.2, 0.25) is 0 Å². The zero-order valence-electron chi connectivity index (χ0n) is 9.03. The highest BCUT2D eigenvalue weighted by Gasteiger charge is 2.02. The van der Waals surface area contributed by atoms with Crippen LogP contribution in [0.15, 0.2) is 18.5 Å². The molecule has 0 fully saturated rings. The van der Waals surface area contributed by atoms with E-state index < -0.39 is 0 Å². The second-order valence-corrected chi connectivity index (χ2v) is 3.53. The smallest absolute Gasteiger partial charge is 0.0313 e.